The maximum Gasteiger partial charge on any atom is 0.343 e. The Morgan fingerprint density at radius 3 is 2.48 bits per heavy atom. The first-order valence-electron chi connectivity index (χ1n) is 9.45. The van der Waals surface area contributed by atoms with Crippen LogP contribution in [0.3, 0.4) is 0 Å². The molecule has 0 heterocycles. The molecule has 0 amide bonds. The van der Waals surface area contributed by atoms with Gasteiger partial charge in [0.2, 0.25) is 0 Å². The fourth-order valence-electron chi connectivity index (χ4n) is 3.07. The minimum atomic E-state index is -0.394. The molecule has 0 aromatic heterocycles. The summed E-state index contributed by atoms with van der Waals surface area (Å²) in [5.41, 5.74) is 3.36. The molecular formula is C25H21NO3. The van der Waals surface area contributed by atoms with Gasteiger partial charge in [-0.05, 0) is 41.3 Å². The largest absolute Gasteiger partial charge is 0.427 e. The third-order valence-electron chi connectivity index (χ3n) is 4.66. The summed E-state index contributed by atoms with van der Waals surface area (Å²) in [7, 11) is 0. The van der Waals surface area contributed by atoms with Gasteiger partial charge >= 0.3 is 5.97 Å². The lowest BCUT2D eigenvalue weighted by atomic mass is 9.92. The lowest BCUT2D eigenvalue weighted by Gasteiger charge is -2.10. The van der Waals surface area contributed by atoms with Gasteiger partial charge in [-0.15, -0.1) is 0 Å². The van der Waals surface area contributed by atoms with Crippen molar-refractivity contribution in [3.05, 3.63) is 107 Å². The highest BCUT2D eigenvalue weighted by atomic mass is 16.5. The number of hydrogen-bond donors (Lipinski definition) is 0. The minimum absolute atomic E-state index is 0.316. The van der Waals surface area contributed by atoms with Crippen molar-refractivity contribution in [3.8, 4) is 6.07 Å². The summed E-state index contributed by atoms with van der Waals surface area (Å²) in [6, 6.07) is 18.9. The Bertz CT molecular complexity index is 993. The third kappa shape index (κ3) is 5.63. The van der Waals surface area contributed by atoms with Crippen LogP contribution >= 0.6 is 0 Å². The molecule has 0 bridgehead atoms. The summed E-state index contributed by atoms with van der Waals surface area (Å²) in [4.78, 5) is 22.8. The molecule has 0 saturated heterocycles. The first kappa shape index (κ1) is 20.0. The van der Waals surface area contributed by atoms with Crippen LogP contribution in [0.5, 0.6) is 0 Å². The van der Waals surface area contributed by atoms with E-state index >= 15 is 0 Å². The molecule has 0 fully saturated rings. The average molecular weight is 383 g/mol. The van der Waals surface area contributed by atoms with Crippen LogP contribution in [0.1, 0.15) is 27.9 Å². The van der Waals surface area contributed by atoms with Crippen molar-refractivity contribution in [1.29, 1.82) is 5.26 Å². The molecule has 0 spiro atoms. The Kier molecular flexibility index (Phi) is 6.91. The predicted molar refractivity (Wildman–Crippen MR) is 111 cm³/mol. The van der Waals surface area contributed by atoms with Crippen molar-refractivity contribution in [3.63, 3.8) is 0 Å². The molecule has 1 atom stereocenters. The number of aldehydes is 1. The molecule has 4 heteroatoms. The van der Waals surface area contributed by atoms with E-state index in [1.54, 1.807) is 30.3 Å². The number of hydrogen-bond acceptors (Lipinski definition) is 4. The summed E-state index contributed by atoms with van der Waals surface area (Å²) in [6.45, 7) is 0. The van der Waals surface area contributed by atoms with Crippen LogP contribution in [0.25, 0.3) is 0 Å². The molecule has 1 aliphatic rings. The Hall–Kier alpha value is -3.71. The van der Waals surface area contributed by atoms with E-state index in [0.29, 0.717) is 30.6 Å². The summed E-state index contributed by atoms with van der Waals surface area (Å²) in [6.07, 6.45) is 9.74. The van der Waals surface area contributed by atoms with Gasteiger partial charge in [-0.3, -0.25) is 0 Å². The molecule has 0 saturated carbocycles. The summed E-state index contributed by atoms with van der Waals surface area (Å²) in [5, 5.41) is 9.65. The van der Waals surface area contributed by atoms with Crippen molar-refractivity contribution < 1.29 is 14.3 Å². The zero-order valence-corrected chi connectivity index (χ0v) is 16.0. The fourth-order valence-corrected chi connectivity index (χ4v) is 3.07. The number of nitrogens with zero attached hydrogens (tertiary/aromatic N) is 1. The Labute approximate surface area is 170 Å². The first-order chi connectivity index (χ1) is 14.2. The normalized spacial score (nSPS) is 14.0. The van der Waals surface area contributed by atoms with Gasteiger partial charge in [0.15, 0.2) is 0 Å². The summed E-state index contributed by atoms with van der Waals surface area (Å²) >= 11 is 0. The SMILES string of the molecule is N#CC(Cc1ccc(CC=O)cc1)C1=CC=C(OC(=O)c2ccccc2)CC=C1. The second-order valence-corrected chi connectivity index (χ2v) is 6.73. The van der Waals surface area contributed by atoms with E-state index < -0.39 is 5.97 Å². The predicted octanol–water partition coefficient (Wildman–Crippen LogP) is 4.74. The van der Waals surface area contributed by atoms with Gasteiger partial charge in [-0.25, -0.2) is 4.79 Å². The Morgan fingerprint density at radius 2 is 1.79 bits per heavy atom. The van der Waals surface area contributed by atoms with E-state index in [1.165, 1.54) is 0 Å². The van der Waals surface area contributed by atoms with Crippen LogP contribution in [0.2, 0.25) is 0 Å². The van der Waals surface area contributed by atoms with Gasteiger partial charge in [-0.1, -0.05) is 60.7 Å². The number of carbonyl (C=O) groups excluding carboxylic acids is 2. The highest BCUT2D eigenvalue weighted by Crippen LogP contribution is 2.23. The van der Waals surface area contributed by atoms with Crippen molar-refractivity contribution in [2.45, 2.75) is 19.3 Å². The van der Waals surface area contributed by atoms with Gasteiger partial charge in [0.1, 0.15) is 12.0 Å². The highest BCUT2D eigenvalue weighted by Gasteiger charge is 2.15. The lowest BCUT2D eigenvalue weighted by molar-refractivity contribution is -0.107. The van der Waals surface area contributed by atoms with Crippen molar-refractivity contribution >= 4 is 12.3 Å². The summed E-state index contributed by atoms with van der Waals surface area (Å²) in [5.74, 6) is -0.169. The van der Waals surface area contributed by atoms with Gasteiger partial charge < -0.3 is 9.53 Å². The van der Waals surface area contributed by atoms with Gasteiger partial charge in [-0.2, -0.15) is 5.26 Å². The van der Waals surface area contributed by atoms with Crippen molar-refractivity contribution in [1.82, 2.24) is 0 Å². The molecular weight excluding hydrogens is 362 g/mol. The molecule has 1 aliphatic carbocycles. The number of esters is 1. The number of ether oxygens (including phenoxy) is 1. The van der Waals surface area contributed by atoms with E-state index in [1.807, 2.05) is 48.6 Å². The Morgan fingerprint density at radius 1 is 1.07 bits per heavy atom. The van der Waals surface area contributed by atoms with E-state index in [2.05, 4.69) is 6.07 Å². The first-order valence-corrected chi connectivity index (χ1v) is 9.45. The molecule has 29 heavy (non-hydrogen) atoms. The number of allylic oxidation sites excluding steroid dienone is 5. The zero-order chi connectivity index (χ0) is 20.5. The number of nitriles is 1. The van der Waals surface area contributed by atoms with Crippen LogP contribution in [-0.4, -0.2) is 12.3 Å². The molecule has 144 valence electrons. The molecule has 4 nitrogen and oxygen atoms in total. The Balaban J connectivity index is 1.69. The van der Waals surface area contributed by atoms with E-state index in [0.717, 1.165) is 23.0 Å². The van der Waals surface area contributed by atoms with Gasteiger partial charge in [0, 0.05) is 12.8 Å². The number of carbonyl (C=O) groups is 2. The standard InChI is InChI=1S/C25H21NO3/c26-18-23(17-20-11-9-19(10-12-20)15-16-27)21-7-4-8-24(14-13-21)29-25(28)22-5-2-1-3-6-22/h1-7,9-14,16,23H,8,15,17H2. The van der Waals surface area contributed by atoms with E-state index in [9.17, 15) is 14.9 Å². The van der Waals surface area contributed by atoms with E-state index in [-0.39, 0.29) is 5.92 Å². The smallest absolute Gasteiger partial charge is 0.343 e. The second-order valence-electron chi connectivity index (χ2n) is 6.73. The molecule has 0 aliphatic heterocycles. The van der Waals surface area contributed by atoms with E-state index in [4.69, 9.17) is 4.74 Å². The summed E-state index contributed by atoms with van der Waals surface area (Å²) < 4.78 is 5.49. The average Bonchev–Trinajstić information content (AvgIpc) is 2.99. The second kappa shape index (κ2) is 10.0. The zero-order valence-electron chi connectivity index (χ0n) is 16.0. The van der Waals surface area contributed by atoms with Crippen LogP contribution < -0.4 is 0 Å². The molecule has 3 rings (SSSR count). The van der Waals surface area contributed by atoms with Gasteiger partial charge in [0.05, 0.1) is 17.6 Å². The van der Waals surface area contributed by atoms with Crippen LogP contribution in [0.4, 0.5) is 0 Å². The fraction of sp³-hybridized carbons (Fsp3) is 0.160. The lowest BCUT2D eigenvalue weighted by Crippen LogP contribution is -2.04. The minimum Gasteiger partial charge on any atom is -0.427 e. The number of benzene rings is 2. The van der Waals surface area contributed by atoms with Crippen molar-refractivity contribution in [2.24, 2.45) is 5.92 Å². The van der Waals surface area contributed by atoms with Crippen LogP contribution in [0.15, 0.2) is 90.2 Å². The highest BCUT2D eigenvalue weighted by molar-refractivity contribution is 5.90. The molecule has 0 radical (unpaired) electrons. The molecule has 2 aromatic rings. The maximum absolute atomic E-state index is 12.2. The van der Waals surface area contributed by atoms with Crippen LogP contribution in [-0.2, 0) is 22.4 Å². The number of rotatable bonds is 7. The van der Waals surface area contributed by atoms with Crippen LogP contribution in [0, 0.1) is 17.2 Å². The maximum atomic E-state index is 12.2. The molecule has 0 N–H and O–H groups in total. The third-order valence-corrected chi connectivity index (χ3v) is 4.66. The topological polar surface area (TPSA) is 67.2 Å². The van der Waals surface area contributed by atoms with Crippen molar-refractivity contribution in [2.75, 3.05) is 0 Å². The quantitative estimate of drug-likeness (QED) is 0.512. The molecule has 2 aromatic carbocycles. The molecule has 1 unspecified atom stereocenters. The monoisotopic (exact) mass is 383 g/mol. The van der Waals surface area contributed by atoms with Gasteiger partial charge in [0.25, 0.3) is 0 Å².